The number of carboxylic acids is 1. The van der Waals surface area contributed by atoms with Crippen LogP contribution in [0.4, 0.5) is 5.69 Å². The van der Waals surface area contributed by atoms with Crippen LogP contribution in [-0.2, 0) is 9.59 Å². The number of carbonyl (C=O) groups excluding carboxylic acids is 2. The molecule has 1 aromatic rings. The Morgan fingerprint density at radius 1 is 1.23 bits per heavy atom. The summed E-state index contributed by atoms with van der Waals surface area (Å²) in [5.74, 6) is -1.54. The summed E-state index contributed by atoms with van der Waals surface area (Å²) in [5, 5.41) is 11.6. The molecule has 8 heteroatoms. The molecule has 0 fully saturated rings. The van der Waals surface area contributed by atoms with Gasteiger partial charge in [-0.2, -0.15) is 0 Å². The van der Waals surface area contributed by atoms with E-state index >= 15 is 0 Å². The molecule has 0 saturated heterocycles. The van der Waals surface area contributed by atoms with Crippen molar-refractivity contribution in [1.82, 2.24) is 4.90 Å². The summed E-state index contributed by atoms with van der Waals surface area (Å²) in [7, 11) is 4.21. The molecule has 0 aliphatic heterocycles. The first-order valence-corrected chi connectivity index (χ1v) is 6.31. The van der Waals surface area contributed by atoms with Gasteiger partial charge in [-0.1, -0.05) is 0 Å². The van der Waals surface area contributed by atoms with Crippen molar-refractivity contribution < 1.29 is 29.0 Å². The molecule has 22 heavy (non-hydrogen) atoms. The van der Waals surface area contributed by atoms with Crippen molar-refractivity contribution >= 4 is 23.5 Å². The number of anilines is 1. The van der Waals surface area contributed by atoms with E-state index in [1.807, 2.05) is 0 Å². The van der Waals surface area contributed by atoms with Crippen LogP contribution in [0.1, 0.15) is 17.3 Å². The minimum Gasteiger partial charge on any atom is -0.493 e. The van der Waals surface area contributed by atoms with Gasteiger partial charge in [0.15, 0.2) is 11.5 Å². The summed E-state index contributed by atoms with van der Waals surface area (Å²) in [4.78, 5) is 35.4. The Labute approximate surface area is 127 Å². The van der Waals surface area contributed by atoms with Crippen molar-refractivity contribution in [3.8, 4) is 11.5 Å². The van der Waals surface area contributed by atoms with Crippen molar-refractivity contribution in [2.24, 2.45) is 0 Å². The van der Waals surface area contributed by atoms with Crippen LogP contribution in [-0.4, -0.2) is 55.6 Å². The molecular formula is C14H18N2O6. The molecule has 0 aromatic heterocycles. The second kappa shape index (κ2) is 7.30. The zero-order valence-electron chi connectivity index (χ0n) is 12.8. The minimum atomic E-state index is -1.17. The second-order valence-electron chi connectivity index (χ2n) is 4.49. The standard InChI is InChI=1S/C14H18N2O6/c1-8(17)16(2)7-12(18)15-10-5-9(14(19)20)6-11(21-3)13(10)22-4/h5-6H,7H2,1-4H3,(H,15,18)(H,19,20). The molecule has 0 atom stereocenters. The number of aromatic carboxylic acids is 1. The third-order valence-electron chi connectivity index (χ3n) is 2.92. The topological polar surface area (TPSA) is 105 Å². The molecular weight excluding hydrogens is 292 g/mol. The number of nitrogens with one attached hydrogen (secondary N) is 1. The van der Waals surface area contributed by atoms with Crippen molar-refractivity contribution in [2.45, 2.75) is 6.92 Å². The molecule has 2 amide bonds. The fourth-order valence-corrected chi connectivity index (χ4v) is 1.70. The number of methoxy groups -OCH3 is 2. The quantitative estimate of drug-likeness (QED) is 0.806. The molecule has 0 heterocycles. The lowest BCUT2D eigenvalue weighted by molar-refractivity contribution is -0.131. The van der Waals surface area contributed by atoms with Crippen molar-refractivity contribution in [1.29, 1.82) is 0 Å². The van der Waals surface area contributed by atoms with Gasteiger partial charge in [0.25, 0.3) is 0 Å². The minimum absolute atomic E-state index is 0.0622. The maximum Gasteiger partial charge on any atom is 0.335 e. The first-order valence-electron chi connectivity index (χ1n) is 6.31. The molecule has 0 spiro atoms. The molecule has 2 N–H and O–H groups in total. The highest BCUT2D eigenvalue weighted by atomic mass is 16.5. The summed E-state index contributed by atoms with van der Waals surface area (Å²) in [5.41, 5.74) is 0.0917. The van der Waals surface area contributed by atoms with Crippen LogP contribution in [0.2, 0.25) is 0 Å². The Kier molecular flexibility index (Phi) is 5.73. The molecule has 120 valence electrons. The third-order valence-corrected chi connectivity index (χ3v) is 2.92. The molecule has 8 nitrogen and oxygen atoms in total. The fraction of sp³-hybridized carbons (Fsp3) is 0.357. The van der Waals surface area contributed by atoms with Crippen LogP contribution < -0.4 is 14.8 Å². The fourth-order valence-electron chi connectivity index (χ4n) is 1.70. The van der Waals surface area contributed by atoms with Crippen molar-refractivity contribution in [3.63, 3.8) is 0 Å². The van der Waals surface area contributed by atoms with Crippen LogP contribution >= 0.6 is 0 Å². The number of amides is 2. The normalized spacial score (nSPS) is 9.82. The van der Waals surface area contributed by atoms with Gasteiger partial charge >= 0.3 is 5.97 Å². The Bertz CT molecular complexity index is 599. The number of nitrogens with zero attached hydrogens (tertiary/aromatic N) is 1. The highest BCUT2D eigenvalue weighted by Crippen LogP contribution is 2.36. The summed E-state index contributed by atoms with van der Waals surface area (Å²) in [6.45, 7) is 1.17. The van der Waals surface area contributed by atoms with Gasteiger partial charge < -0.3 is 24.8 Å². The van der Waals surface area contributed by atoms with E-state index < -0.39 is 11.9 Å². The first kappa shape index (κ1) is 17.3. The number of carbonyl (C=O) groups is 3. The summed E-state index contributed by atoms with van der Waals surface area (Å²) < 4.78 is 10.2. The summed E-state index contributed by atoms with van der Waals surface area (Å²) >= 11 is 0. The Morgan fingerprint density at radius 2 is 1.86 bits per heavy atom. The van der Waals surface area contributed by atoms with Gasteiger partial charge in [-0.05, 0) is 12.1 Å². The average Bonchev–Trinajstić information content (AvgIpc) is 2.45. The summed E-state index contributed by atoms with van der Waals surface area (Å²) in [6.07, 6.45) is 0. The average molecular weight is 310 g/mol. The Balaban J connectivity index is 3.11. The predicted octanol–water partition coefficient (Wildman–Crippen LogP) is 0.819. The number of hydrogen-bond donors (Lipinski definition) is 2. The maximum absolute atomic E-state index is 11.9. The van der Waals surface area contributed by atoms with Crippen LogP contribution in [0.15, 0.2) is 12.1 Å². The smallest absolute Gasteiger partial charge is 0.335 e. The van der Waals surface area contributed by atoms with E-state index in [0.717, 1.165) is 0 Å². The number of rotatable bonds is 6. The van der Waals surface area contributed by atoms with E-state index in [2.05, 4.69) is 5.32 Å². The van der Waals surface area contributed by atoms with Gasteiger partial charge in [-0.15, -0.1) is 0 Å². The maximum atomic E-state index is 11.9. The van der Waals surface area contributed by atoms with E-state index in [9.17, 15) is 14.4 Å². The lowest BCUT2D eigenvalue weighted by Gasteiger charge is -2.17. The zero-order chi connectivity index (χ0) is 16.9. The zero-order valence-corrected chi connectivity index (χ0v) is 12.8. The molecule has 0 aliphatic rings. The highest BCUT2D eigenvalue weighted by molar-refractivity contribution is 5.98. The predicted molar refractivity (Wildman–Crippen MR) is 78.4 cm³/mol. The number of likely N-dealkylation sites (N-methyl/N-ethyl adjacent to an activating group) is 1. The van der Waals surface area contributed by atoms with Crippen LogP contribution in [0.5, 0.6) is 11.5 Å². The lowest BCUT2D eigenvalue weighted by atomic mass is 10.1. The summed E-state index contributed by atoms with van der Waals surface area (Å²) in [6, 6.07) is 2.55. The van der Waals surface area contributed by atoms with E-state index in [4.69, 9.17) is 14.6 Å². The van der Waals surface area contributed by atoms with E-state index in [0.29, 0.717) is 0 Å². The van der Waals surface area contributed by atoms with Gasteiger partial charge in [-0.3, -0.25) is 9.59 Å². The monoisotopic (exact) mass is 310 g/mol. The molecule has 0 aliphatic carbocycles. The molecule has 1 rings (SSSR count). The Morgan fingerprint density at radius 3 is 2.32 bits per heavy atom. The number of ether oxygens (including phenoxy) is 2. The molecule has 0 radical (unpaired) electrons. The molecule has 0 bridgehead atoms. The van der Waals surface area contributed by atoms with E-state index in [1.165, 1.54) is 45.2 Å². The van der Waals surface area contributed by atoms with Crippen molar-refractivity contribution in [2.75, 3.05) is 33.1 Å². The lowest BCUT2D eigenvalue weighted by Crippen LogP contribution is -2.33. The largest absolute Gasteiger partial charge is 0.493 e. The number of hydrogen-bond acceptors (Lipinski definition) is 5. The Hall–Kier alpha value is -2.77. The van der Waals surface area contributed by atoms with Gasteiger partial charge in [-0.25, -0.2) is 4.79 Å². The molecule has 0 unspecified atom stereocenters. The van der Waals surface area contributed by atoms with Crippen LogP contribution in [0.3, 0.4) is 0 Å². The van der Waals surface area contributed by atoms with Gasteiger partial charge in [0.2, 0.25) is 11.8 Å². The van der Waals surface area contributed by atoms with E-state index in [1.54, 1.807) is 0 Å². The van der Waals surface area contributed by atoms with Gasteiger partial charge in [0, 0.05) is 14.0 Å². The van der Waals surface area contributed by atoms with Crippen molar-refractivity contribution in [3.05, 3.63) is 17.7 Å². The van der Waals surface area contributed by atoms with Gasteiger partial charge in [0.05, 0.1) is 32.0 Å². The SMILES string of the molecule is COc1cc(C(=O)O)cc(NC(=O)CN(C)C(C)=O)c1OC. The molecule has 1 aromatic carbocycles. The van der Waals surface area contributed by atoms with E-state index in [-0.39, 0.29) is 35.2 Å². The number of benzene rings is 1. The van der Waals surface area contributed by atoms with Crippen LogP contribution in [0.25, 0.3) is 0 Å². The highest BCUT2D eigenvalue weighted by Gasteiger charge is 2.18. The van der Waals surface area contributed by atoms with Crippen LogP contribution in [0, 0.1) is 0 Å². The second-order valence-corrected chi connectivity index (χ2v) is 4.49. The third kappa shape index (κ3) is 4.11. The molecule has 0 saturated carbocycles. The number of carboxylic acid groups (broad SMARTS) is 1. The first-order chi connectivity index (χ1) is 10.3. The van der Waals surface area contributed by atoms with Gasteiger partial charge in [0.1, 0.15) is 0 Å².